The number of amides is 2. The zero-order valence-electron chi connectivity index (χ0n) is 16.2. The number of rotatable bonds is 7. The van der Waals surface area contributed by atoms with Gasteiger partial charge in [-0.3, -0.25) is 5.32 Å². The lowest BCUT2D eigenvalue weighted by molar-refractivity contribution is 0.138. The summed E-state index contributed by atoms with van der Waals surface area (Å²) in [6.45, 7) is 5.30. The van der Waals surface area contributed by atoms with Gasteiger partial charge in [-0.05, 0) is 44.5 Å². The zero-order chi connectivity index (χ0) is 20.2. The van der Waals surface area contributed by atoms with E-state index in [-0.39, 0.29) is 24.8 Å². The van der Waals surface area contributed by atoms with E-state index in [1.54, 1.807) is 10.7 Å². The summed E-state index contributed by atoms with van der Waals surface area (Å²) in [6, 6.07) is 7.02. The van der Waals surface area contributed by atoms with Crippen LogP contribution in [0, 0.1) is 0 Å². The van der Waals surface area contributed by atoms with Crippen molar-refractivity contribution in [3.8, 4) is 22.8 Å². The van der Waals surface area contributed by atoms with Crippen molar-refractivity contribution in [3.63, 3.8) is 0 Å². The quantitative estimate of drug-likeness (QED) is 0.588. The number of aromatic nitrogens is 4. The second kappa shape index (κ2) is 8.31. The molecule has 152 valence electrons. The van der Waals surface area contributed by atoms with Crippen molar-refractivity contribution in [3.05, 3.63) is 30.5 Å². The zero-order valence-corrected chi connectivity index (χ0v) is 16.2. The van der Waals surface area contributed by atoms with Crippen LogP contribution in [0.4, 0.5) is 10.7 Å². The Kier molecular flexibility index (Phi) is 5.43. The van der Waals surface area contributed by atoms with Gasteiger partial charge in [-0.25, -0.2) is 9.78 Å². The summed E-state index contributed by atoms with van der Waals surface area (Å²) < 4.78 is 17.7. The van der Waals surface area contributed by atoms with Gasteiger partial charge in [0.05, 0.1) is 5.69 Å². The molecule has 0 spiro atoms. The molecule has 0 radical (unpaired) electrons. The fourth-order valence-corrected chi connectivity index (χ4v) is 2.96. The van der Waals surface area contributed by atoms with E-state index in [9.17, 15) is 4.79 Å². The van der Waals surface area contributed by atoms with Gasteiger partial charge >= 0.3 is 6.03 Å². The number of nitrogens with zero attached hydrogens (tertiary/aromatic N) is 4. The van der Waals surface area contributed by atoms with Crippen molar-refractivity contribution in [2.75, 3.05) is 25.3 Å². The minimum absolute atomic E-state index is 0.0408. The van der Waals surface area contributed by atoms with Crippen LogP contribution in [-0.4, -0.2) is 51.7 Å². The molecule has 0 saturated carbocycles. The van der Waals surface area contributed by atoms with Crippen molar-refractivity contribution in [2.45, 2.75) is 26.3 Å². The van der Waals surface area contributed by atoms with Gasteiger partial charge in [0.2, 0.25) is 6.79 Å². The summed E-state index contributed by atoms with van der Waals surface area (Å²) in [4.78, 5) is 20.7. The minimum atomic E-state index is -0.380. The Labute approximate surface area is 167 Å². The molecule has 4 rings (SSSR count). The summed E-state index contributed by atoms with van der Waals surface area (Å²) in [5.41, 5.74) is 1.63. The number of anilines is 1. The molecule has 0 aliphatic carbocycles. The topological polar surface area (TPSA) is 112 Å². The van der Waals surface area contributed by atoms with E-state index >= 15 is 0 Å². The average molecular weight is 398 g/mol. The molecule has 1 aliphatic rings. The summed E-state index contributed by atoms with van der Waals surface area (Å²) in [7, 11) is 0. The summed E-state index contributed by atoms with van der Waals surface area (Å²) in [5.74, 6) is 1.92. The first-order valence-electron chi connectivity index (χ1n) is 9.41. The van der Waals surface area contributed by atoms with Crippen LogP contribution >= 0.6 is 0 Å². The van der Waals surface area contributed by atoms with E-state index in [2.05, 4.69) is 25.7 Å². The van der Waals surface area contributed by atoms with E-state index in [1.165, 1.54) is 0 Å². The van der Waals surface area contributed by atoms with Crippen LogP contribution in [0.5, 0.6) is 11.5 Å². The molecular formula is C19H22N6O4. The number of urea groups is 1. The van der Waals surface area contributed by atoms with Crippen molar-refractivity contribution in [1.29, 1.82) is 0 Å². The molecule has 1 aliphatic heterocycles. The number of ether oxygens (including phenoxy) is 3. The Hall–Kier alpha value is -3.40. The van der Waals surface area contributed by atoms with Crippen molar-refractivity contribution < 1.29 is 19.0 Å². The van der Waals surface area contributed by atoms with Crippen LogP contribution in [0.15, 0.2) is 30.5 Å². The lowest BCUT2D eigenvalue weighted by atomic mass is 10.1. The summed E-state index contributed by atoms with van der Waals surface area (Å²) in [6.07, 6.45) is 2.36. The van der Waals surface area contributed by atoms with E-state index in [4.69, 9.17) is 14.2 Å². The maximum Gasteiger partial charge on any atom is 0.321 e. The van der Waals surface area contributed by atoms with Gasteiger partial charge in [-0.15, -0.1) is 5.10 Å². The molecule has 3 aromatic rings. The molecule has 3 heterocycles. The lowest BCUT2D eigenvalue weighted by Gasteiger charge is -2.13. The van der Waals surface area contributed by atoms with Crippen LogP contribution in [0.25, 0.3) is 17.0 Å². The first kappa shape index (κ1) is 18.9. The standard InChI is InChI=1S/C19H22N6O4/c1-3-27-9-7-12(2)21-19(26)23-17-22-18-20-8-6-14(25(18)24-17)13-4-5-15-16(10-13)29-11-28-15/h4-6,8,10,12H,3,7,9,11H2,1-2H3,(H2,21,23,24,26). The highest BCUT2D eigenvalue weighted by Crippen LogP contribution is 2.35. The smallest absolute Gasteiger partial charge is 0.321 e. The number of nitrogens with one attached hydrogen (secondary N) is 2. The molecule has 10 heteroatoms. The number of hydrogen-bond acceptors (Lipinski definition) is 7. The normalized spacial score (nSPS) is 13.4. The van der Waals surface area contributed by atoms with Gasteiger partial charge in [-0.2, -0.15) is 9.50 Å². The minimum Gasteiger partial charge on any atom is -0.454 e. The molecule has 2 amide bonds. The first-order valence-corrected chi connectivity index (χ1v) is 9.41. The Morgan fingerprint density at radius 3 is 3.03 bits per heavy atom. The molecule has 1 aromatic carbocycles. The van der Waals surface area contributed by atoms with Crippen LogP contribution in [0.3, 0.4) is 0 Å². The Morgan fingerprint density at radius 2 is 2.17 bits per heavy atom. The summed E-state index contributed by atoms with van der Waals surface area (Å²) >= 11 is 0. The predicted molar refractivity (Wildman–Crippen MR) is 105 cm³/mol. The van der Waals surface area contributed by atoms with E-state index < -0.39 is 0 Å². The van der Waals surface area contributed by atoms with Gasteiger partial charge < -0.3 is 19.5 Å². The molecule has 0 saturated heterocycles. The molecule has 29 heavy (non-hydrogen) atoms. The van der Waals surface area contributed by atoms with Crippen LogP contribution < -0.4 is 20.1 Å². The molecule has 0 fully saturated rings. The third kappa shape index (κ3) is 4.21. The highest BCUT2D eigenvalue weighted by Gasteiger charge is 2.17. The Balaban J connectivity index is 1.50. The average Bonchev–Trinajstić information content (AvgIpc) is 3.33. The first-order chi connectivity index (χ1) is 14.1. The predicted octanol–water partition coefficient (Wildman–Crippen LogP) is 2.46. The van der Waals surface area contributed by atoms with Gasteiger partial charge in [0.25, 0.3) is 11.7 Å². The van der Waals surface area contributed by atoms with Crippen LogP contribution in [0.1, 0.15) is 20.3 Å². The number of benzene rings is 1. The third-order valence-corrected chi connectivity index (χ3v) is 4.41. The highest BCUT2D eigenvalue weighted by molar-refractivity contribution is 5.87. The largest absolute Gasteiger partial charge is 0.454 e. The number of carbonyl (C=O) groups is 1. The second-order valence-electron chi connectivity index (χ2n) is 6.53. The van der Waals surface area contributed by atoms with Crippen LogP contribution in [0.2, 0.25) is 0 Å². The van der Waals surface area contributed by atoms with Gasteiger partial charge in [-0.1, -0.05) is 0 Å². The number of fused-ring (bicyclic) bond motifs is 2. The number of hydrogen-bond donors (Lipinski definition) is 2. The van der Waals surface area contributed by atoms with E-state index in [1.807, 2.05) is 38.1 Å². The lowest BCUT2D eigenvalue weighted by Crippen LogP contribution is -2.37. The van der Waals surface area contributed by atoms with Crippen molar-refractivity contribution in [1.82, 2.24) is 24.9 Å². The molecule has 0 bridgehead atoms. The molecule has 1 atom stereocenters. The fourth-order valence-electron chi connectivity index (χ4n) is 2.96. The second-order valence-corrected chi connectivity index (χ2v) is 6.53. The Morgan fingerprint density at radius 1 is 1.31 bits per heavy atom. The maximum absolute atomic E-state index is 12.2. The fraction of sp³-hybridized carbons (Fsp3) is 0.368. The van der Waals surface area contributed by atoms with Crippen molar-refractivity contribution >= 4 is 17.8 Å². The van der Waals surface area contributed by atoms with Gasteiger partial charge in [0.15, 0.2) is 11.5 Å². The summed E-state index contributed by atoms with van der Waals surface area (Å²) in [5, 5.41) is 9.87. The van der Waals surface area contributed by atoms with Gasteiger partial charge in [0, 0.05) is 31.0 Å². The molecule has 10 nitrogen and oxygen atoms in total. The molecule has 1 unspecified atom stereocenters. The SMILES string of the molecule is CCOCCC(C)NC(=O)Nc1nc2nccc(-c3ccc4c(c3)OCO4)n2n1. The van der Waals surface area contributed by atoms with E-state index in [0.29, 0.717) is 30.5 Å². The molecular weight excluding hydrogens is 376 g/mol. The van der Waals surface area contributed by atoms with Crippen molar-refractivity contribution in [2.24, 2.45) is 0 Å². The van der Waals surface area contributed by atoms with Crippen LogP contribution in [-0.2, 0) is 4.74 Å². The highest BCUT2D eigenvalue weighted by atomic mass is 16.7. The Bertz CT molecular complexity index is 1020. The monoisotopic (exact) mass is 398 g/mol. The molecule has 2 aromatic heterocycles. The van der Waals surface area contributed by atoms with Gasteiger partial charge in [0.1, 0.15) is 0 Å². The maximum atomic E-state index is 12.2. The third-order valence-electron chi connectivity index (χ3n) is 4.41. The molecule has 2 N–H and O–H groups in total. The van der Waals surface area contributed by atoms with E-state index in [0.717, 1.165) is 17.7 Å². The number of carbonyl (C=O) groups excluding carboxylic acids is 1.